The van der Waals surface area contributed by atoms with Crippen LogP contribution >= 0.6 is 11.6 Å². The Morgan fingerprint density at radius 1 is 1.00 bits per heavy atom. The van der Waals surface area contributed by atoms with Gasteiger partial charge in [-0.15, -0.1) is 0 Å². The number of ether oxygens (including phenoxy) is 1. The highest BCUT2D eigenvalue weighted by molar-refractivity contribution is 7.89. The average Bonchev–Trinajstić information content (AvgIpc) is 3.21. The van der Waals surface area contributed by atoms with Crippen LogP contribution in [0.5, 0.6) is 5.75 Å². The second-order valence-corrected chi connectivity index (χ2v) is 9.29. The molecule has 0 aliphatic carbocycles. The molecule has 0 saturated heterocycles. The van der Waals surface area contributed by atoms with Crippen LogP contribution in [0.4, 0.5) is 0 Å². The molecule has 0 fully saturated rings. The van der Waals surface area contributed by atoms with Crippen LogP contribution in [-0.4, -0.2) is 25.7 Å². The molecule has 3 aromatic rings. The van der Waals surface area contributed by atoms with Crippen molar-refractivity contribution >= 4 is 27.3 Å². The van der Waals surface area contributed by atoms with E-state index in [4.69, 9.17) is 16.3 Å². The smallest absolute Gasteiger partial charge is 0.279 e. The minimum atomic E-state index is -3.84. The predicted molar refractivity (Wildman–Crippen MR) is 119 cm³/mol. The number of rotatable bonds is 5. The Kier molecular flexibility index (Phi) is 5.54. The highest BCUT2D eigenvalue weighted by Gasteiger charge is 2.38. The van der Waals surface area contributed by atoms with E-state index in [9.17, 15) is 8.42 Å². The summed E-state index contributed by atoms with van der Waals surface area (Å²) >= 11 is 6.01. The van der Waals surface area contributed by atoms with Gasteiger partial charge in [-0.2, -0.15) is 17.9 Å². The average molecular weight is 441 g/mol. The van der Waals surface area contributed by atoms with E-state index < -0.39 is 16.1 Å². The highest BCUT2D eigenvalue weighted by Crippen LogP contribution is 2.38. The summed E-state index contributed by atoms with van der Waals surface area (Å²) in [6.45, 7) is 1.79. The van der Waals surface area contributed by atoms with Crippen molar-refractivity contribution in [3.8, 4) is 5.75 Å². The van der Waals surface area contributed by atoms with Crippen molar-refractivity contribution in [2.75, 3.05) is 7.11 Å². The van der Waals surface area contributed by atoms with Crippen LogP contribution in [0.2, 0.25) is 5.02 Å². The van der Waals surface area contributed by atoms with E-state index in [0.29, 0.717) is 28.5 Å². The fraction of sp³-hybridized carbons (Fsp3) is 0.174. The van der Waals surface area contributed by atoms with E-state index in [1.54, 1.807) is 44.4 Å². The van der Waals surface area contributed by atoms with Crippen LogP contribution < -0.4 is 4.74 Å². The minimum Gasteiger partial charge on any atom is -0.497 e. The first-order chi connectivity index (χ1) is 14.4. The number of aryl methyl sites for hydroxylation is 1. The molecule has 0 saturated carbocycles. The molecule has 0 N–H and O–H groups in total. The summed E-state index contributed by atoms with van der Waals surface area (Å²) in [4.78, 5) is 0.254. The van der Waals surface area contributed by atoms with Crippen LogP contribution in [0.1, 0.15) is 29.2 Å². The molecule has 0 unspecified atom stereocenters. The molecule has 0 aromatic heterocycles. The van der Waals surface area contributed by atoms with Crippen LogP contribution in [-0.2, 0) is 10.0 Å². The number of benzene rings is 3. The van der Waals surface area contributed by atoms with E-state index >= 15 is 0 Å². The Bertz CT molecular complexity index is 1190. The molecule has 1 aliphatic rings. The van der Waals surface area contributed by atoms with Gasteiger partial charge in [0, 0.05) is 11.4 Å². The van der Waals surface area contributed by atoms with Crippen LogP contribution in [0.25, 0.3) is 0 Å². The molecule has 0 amide bonds. The Hall–Kier alpha value is -2.83. The molecule has 3 aromatic carbocycles. The topological polar surface area (TPSA) is 59.0 Å². The first-order valence-electron chi connectivity index (χ1n) is 9.47. The highest BCUT2D eigenvalue weighted by atomic mass is 35.5. The minimum absolute atomic E-state index is 0.254. The third-order valence-electron chi connectivity index (χ3n) is 5.17. The zero-order valence-corrected chi connectivity index (χ0v) is 18.2. The summed E-state index contributed by atoms with van der Waals surface area (Å²) in [6, 6.07) is 21.2. The third kappa shape index (κ3) is 3.80. The van der Waals surface area contributed by atoms with Crippen LogP contribution in [0, 0.1) is 6.92 Å². The maximum atomic E-state index is 13.6. The molecule has 0 bridgehead atoms. The summed E-state index contributed by atoms with van der Waals surface area (Å²) in [6.07, 6.45) is 0.457. The van der Waals surface area contributed by atoms with Gasteiger partial charge in [-0.3, -0.25) is 0 Å². The summed E-state index contributed by atoms with van der Waals surface area (Å²) in [5.41, 5.74) is 3.08. The molecular formula is C23H21ClN2O3S. The van der Waals surface area contributed by atoms with Gasteiger partial charge in [0.2, 0.25) is 0 Å². The molecule has 7 heteroatoms. The Balaban J connectivity index is 1.80. The second-order valence-electron chi connectivity index (χ2n) is 7.09. The number of halogens is 1. The van der Waals surface area contributed by atoms with Gasteiger partial charge < -0.3 is 4.74 Å². The summed E-state index contributed by atoms with van der Waals surface area (Å²) in [7, 11) is -2.24. The summed E-state index contributed by atoms with van der Waals surface area (Å²) in [5.74, 6) is 0.712. The number of methoxy groups -OCH3 is 1. The van der Waals surface area contributed by atoms with Crippen molar-refractivity contribution in [2.45, 2.75) is 24.3 Å². The van der Waals surface area contributed by atoms with E-state index in [-0.39, 0.29) is 4.90 Å². The molecule has 1 heterocycles. The van der Waals surface area contributed by atoms with E-state index in [2.05, 4.69) is 5.10 Å². The second kappa shape index (κ2) is 8.13. The van der Waals surface area contributed by atoms with Crippen molar-refractivity contribution in [2.24, 2.45) is 5.10 Å². The fourth-order valence-corrected chi connectivity index (χ4v) is 5.34. The van der Waals surface area contributed by atoms with E-state index in [1.807, 2.05) is 42.5 Å². The van der Waals surface area contributed by atoms with Gasteiger partial charge in [0.15, 0.2) is 0 Å². The number of hydrogen-bond donors (Lipinski definition) is 0. The van der Waals surface area contributed by atoms with Crippen molar-refractivity contribution in [3.63, 3.8) is 0 Å². The fourth-order valence-electron chi connectivity index (χ4n) is 3.55. The van der Waals surface area contributed by atoms with Gasteiger partial charge >= 0.3 is 0 Å². The molecule has 0 spiro atoms. The molecule has 4 rings (SSSR count). The zero-order chi connectivity index (χ0) is 21.3. The van der Waals surface area contributed by atoms with Crippen molar-refractivity contribution in [3.05, 3.63) is 94.5 Å². The molecule has 30 heavy (non-hydrogen) atoms. The van der Waals surface area contributed by atoms with Gasteiger partial charge in [-0.05, 0) is 53.9 Å². The monoisotopic (exact) mass is 440 g/mol. The SMILES string of the molecule is COc1ccc([C@@H]2CC(c3ccc(Cl)cc3)=NN2S(=O)(=O)c2ccccc2C)cc1. The number of hydrogen-bond acceptors (Lipinski definition) is 4. The molecule has 5 nitrogen and oxygen atoms in total. The first kappa shape index (κ1) is 20.4. The Morgan fingerprint density at radius 2 is 1.67 bits per heavy atom. The normalized spacial score (nSPS) is 16.4. The van der Waals surface area contributed by atoms with Gasteiger partial charge in [0.25, 0.3) is 10.0 Å². The molecular weight excluding hydrogens is 420 g/mol. The number of hydrazone groups is 1. The van der Waals surface area contributed by atoms with Gasteiger partial charge in [-0.25, -0.2) is 0 Å². The number of sulfonamides is 1. The summed E-state index contributed by atoms with van der Waals surface area (Å²) < 4.78 is 33.6. The first-order valence-corrected chi connectivity index (χ1v) is 11.3. The molecule has 154 valence electrons. The maximum Gasteiger partial charge on any atom is 0.279 e. The van der Waals surface area contributed by atoms with Gasteiger partial charge in [-0.1, -0.05) is 54.1 Å². The molecule has 1 aliphatic heterocycles. The lowest BCUT2D eigenvalue weighted by Gasteiger charge is -2.24. The lowest BCUT2D eigenvalue weighted by molar-refractivity contribution is 0.370. The lowest BCUT2D eigenvalue weighted by Crippen LogP contribution is -2.27. The number of nitrogens with zero attached hydrogens (tertiary/aromatic N) is 2. The van der Waals surface area contributed by atoms with E-state index in [1.165, 1.54) is 4.41 Å². The van der Waals surface area contributed by atoms with Crippen LogP contribution in [0.3, 0.4) is 0 Å². The van der Waals surface area contributed by atoms with Crippen molar-refractivity contribution < 1.29 is 13.2 Å². The van der Waals surface area contributed by atoms with Gasteiger partial charge in [0.1, 0.15) is 5.75 Å². The van der Waals surface area contributed by atoms with E-state index in [0.717, 1.165) is 11.1 Å². The zero-order valence-electron chi connectivity index (χ0n) is 16.6. The Morgan fingerprint density at radius 3 is 2.30 bits per heavy atom. The lowest BCUT2D eigenvalue weighted by atomic mass is 9.99. The van der Waals surface area contributed by atoms with Gasteiger partial charge in [0.05, 0.1) is 23.8 Å². The predicted octanol–water partition coefficient (Wildman–Crippen LogP) is 5.20. The van der Waals surface area contributed by atoms with Crippen molar-refractivity contribution in [1.29, 1.82) is 0 Å². The maximum absolute atomic E-state index is 13.6. The van der Waals surface area contributed by atoms with Crippen molar-refractivity contribution in [1.82, 2.24) is 4.41 Å². The Labute approximate surface area is 181 Å². The standard InChI is InChI=1S/C23H21ClN2O3S/c1-16-5-3-4-6-23(16)30(27,28)26-22(18-9-13-20(29-2)14-10-18)15-21(25-26)17-7-11-19(24)12-8-17/h3-14,22H,15H2,1-2H3/t22-/m0/s1. The largest absolute Gasteiger partial charge is 0.497 e. The quantitative estimate of drug-likeness (QED) is 0.548. The van der Waals surface area contributed by atoms with Crippen LogP contribution in [0.15, 0.2) is 82.8 Å². The summed E-state index contributed by atoms with van der Waals surface area (Å²) in [5, 5.41) is 5.18. The third-order valence-corrected chi connectivity index (χ3v) is 7.26. The molecule has 1 atom stereocenters. The molecule has 0 radical (unpaired) electrons.